The summed E-state index contributed by atoms with van der Waals surface area (Å²) in [7, 11) is 0. The van der Waals surface area contributed by atoms with Gasteiger partial charge in [-0.05, 0) is 43.0 Å². The highest BCUT2D eigenvalue weighted by Crippen LogP contribution is 2.13. The third kappa shape index (κ3) is 6.06. The van der Waals surface area contributed by atoms with Gasteiger partial charge < -0.3 is 10.1 Å². The minimum absolute atomic E-state index is 0.115. The van der Waals surface area contributed by atoms with Gasteiger partial charge in [-0.25, -0.2) is 4.79 Å². The second-order valence-electron chi connectivity index (χ2n) is 6.81. The van der Waals surface area contributed by atoms with E-state index in [0.29, 0.717) is 36.4 Å². The molecule has 8 heteroatoms. The molecule has 1 saturated heterocycles. The predicted molar refractivity (Wildman–Crippen MR) is 99.1 cm³/mol. The Balaban J connectivity index is 1.96. The molecule has 1 aromatic rings. The Hall–Kier alpha value is -2.41. The van der Waals surface area contributed by atoms with Gasteiger partial charge in [-0.1, -0.05) is 25.4 Å². The van der Waals surface area contributed by atoms with Crippen LogP contribution in [0, 0.1) is 5.92 Å². The van der Waals surface area contributed by atoms with E-state index in [1.807, 2.05) is 13.8 Å². The van der Waals surface area contributed by atoms with Crippen LogP contribution in [0.2, 0.25) is 5.02 Å². The van der Waals surface area contributed by atoms with Crippen molar-refractivity contribution in [1.82, 2.24) is 10.2 Å². The van der Waals surface area contributed by atoms with Crippen LogP contribution in [0.4, 0.5) is 0 Å². The zero-order valence-corrected chi connectivity index (χ0v) is 16.1. The van der Waals surface area contributed by atoms with E-state index in [1.165, 1.54) is 0 Å². The van der Waals surface area contributed by atoms with E-state index in [0.717, 1.165) is 4.90 Å². The van der Waals surface area contributed by atoms with E-state index in [1.54, 1.807) is 24.3 Å². The Labute approximate surface area is 163 Å². The molecule has 146 valence electrons. The van der Waals surface area contributed by atoms with Crippen molar-refractivity contribution in [3.8, 4) is 0 Å². The van der Waals surface area contributed by atoms with Gasteiger partial charge in [-0.2, -0.15) is 0 Å². The van der Waals surface area contributed by atoms with Gasteiger partial charge in [0.05, 0.1) is 0 Å². The summed E-state index contributed by atoms with van der Waals surface area (Å²) >= 11 is 5.81. The summed E-state index contributed by atoms with van der Waals surface area (Å²) in [6.07, 6.45) is 1.30. The highest BCUT2D eigenvalue weighted by Gasteiger charge is 2.29. The largest absolute Gasteiger partial charge is 0.454 e. The average molecular weight is 395 g/mol. The van der Waals surface area contributed by atoms with Crippen LogP contribution in [-0.4, -0.2) is 47.8 Å². The lowest BCUT2D eigenvalue weighted by Crippen LogP contribution is -2.44. The van der Waals surface area contributed by atoms with E-state index >= 15 is 0 Å². The van der Waals surface area contributed by atoms with Gasteiger partial charge in [0, 0.05) is 23.6 Å². The first kappa shape index (κ1) is 20.9. The Morgan fingerprint density at radius 3 is 2.44 bits per heavy atom. The summed E-state index contributed by atoms with van der Waals surface area (Å²) in [6.45, 7) is 3.64. The van der Waals surface area contributed by atoms with Gasteiger partial charge in [0.1, 0.15) is 6.04 Å². The third-order valence-corrected chi connectivity index (χ3v) is 4.37. The number of hydrogen-bond acceptors (Lipinski definition) is 5. The van der Waals surface area contributed by atoms with Crippen molar-refractivity contribution in [2.75, 3.05) is 13.2 Å². The van der Waals surface area contributed by atoms with E-state index < -0.39 is 30.4 Å². The van der Waals surface area contributed by atoms with Crippen LogP contribution >= 0.6 is 11.6 Å². The number of nitrogens with one attached hydrogen (secondary N) is 1. The standard InChI is InChI=1S/C19H23ClN2O5/c1-12(2)10-15(21-18(25)13-5-7-14(20)8-6-13)19(26)27-11-17(24)22-9-3-4-16(22)23/h5-8,12,15H,3-4,9-11H2,1-2H3,(H,21,25). The lowest BCUT2D eigenvalue weighted by atomic mass is 10.0. The molecule has 0 radical (unpaired) electrons. The van der Waals surface area contributed by atoms with Gasteiger partial charge in [0.2, 0.25) is 5.91 Å². The molecule has 3 amide bonds. The molecule has 0 aromatic heterocycles. The summed E-state index contributed by atoms with van der Waals surface area (Å²) < 4.78 is 5.07. The molecule has 0 bridgehead atoms. The highest BCUT2D eigenvalue weighted by atomic mass is 35.5. The number of rotatable bonds is 7. The molecule has 1 N–H and O–H groups in total. The molecular weight excluding hydrogens is 372 g/mol. The molecule has 1 aliphatic heterocycles. The minimum atomic E-state index is -0.893. The number of carbonyl (C=O) groups is 4. The second-order valence-corrected chi connectivity index (χ2v) is 7.25. The molecule has 1 unspecified atom stereocenters. The van der Waals surface area contributed by atoms with Crippen LogP contribution in [0.15, 0.2) is 24.3 Å². The zero-order chi connectivity index (χ0) is 20.0. The number of hydrogen-bond donors (Lipinski definition) is 1. The number of ether oxygens (including phenoxy) is 1. The molecule has 1 atom stereocenters. The lowest BCUT2D eigenvalue weighted by molar-refractivity contribution is -0.156. The molecule has 1 heterocycles. The van der Waals surface area contributed by atoms with Gasteiger partial charge in [0.25, 0.3) is 11.8 Å². The normalized spacial score (nSPS) is 15.0. The van der Waals surface area contributed by atoms with E-state index in [2.05, 4.69) is 5.32 Å². The second kappa shape index (κ2) is 9.50. The van der Waals surface area contributed by atoms with Crippen molar-refractivity contribution in [3.05, 3.63) is 34.9 Å². The summed E-state index contributed by atoms with van der Waals surface area (Å²) in [5.74, 6) is -1.82. The summed E-state index contributed by atoms with van der Waals surface area (Å²) in [5.41, 5.74) is 0.361. The number of likely N-dealkylation sites (tertiary alicyclic amines) is 1. The monoisotopic (exact) mass is 394 g/mol. The molecule has 7 nitrogen and oxygen atoms in total. The van der Waals surface area contributed by atoms with Gasteiger partial charge in [-0.15, -0.1) is 0 Å². The first-order chi connectivity index (χ1) is 12.8. The smallest absolute Gasteiger partial charge is 0.329 e. The van der Waals surface area contributed by atoms with Crippen LogP contribution in [0.5, 0.6) is 0 Å². The van der Waals surface area contributed by atoms with Gasteiger partial charge in [-0.3, -0.25) is 19.3 Å². The SMILES string of the molecule is CC(C)CC(NC(=O)c1ccc(Cl)cc1)C(=O)OCC(=O)N1CCCC1=O. The zero-order valence-electron chi connectivity index (χ0n) is 15.4. The fraction of sp³-hybridized carbons (Fsp3) is 0.474. The first-order valence-corrected chi connectivity index (χ1v) is 9.22. The van der Waals surface area contributed by atoms with Crippen molar-refractivity contribution in [3.63, 3.8) is 0 Å². The maximum atomic E-state index is 12.4. The number of benzene rings is 1. The summed E-state index contributed by atoms with van der Waals surface area (Å²) in [4.78, 5) is 49.4. The van der Waals surface area contributed by atoms with Crippen molar-refractivity contribution < 1.29 is 23.9 Å². The highest BCUT2D eigenvalue weighted by molar-refractivity contribution is 6.30. The van der Waals surface area contributed by atoms with E-state index in [4.69, 9.17) is 16.3 Å². The van der Waals surface area contributed by atoms with Crippen LogP contribution < -0.4 is 5.32 Å². The number of nitrogens with zero attached hydrogens (tertiary/aromatic N) is 1. The molecule has 1 fully saturated rings. The van der Waals surface area contributed by atoms with E-state index in [-0.39, 0.29) is 11.8 Å². The van der Waals surface area contributed by atoms with Crippen LogP contribution in [-0.2, 0) is 19.1 Å². The van der Waals surface area contributed by atoms with Crippen LogP contribution in [0.25, 0.3) is 0 Å². The number of halogens is 1. The van der Waals surface area contributed by atoms with Crippen molar-refractivity contribution in [2.24, 2.45) is 5.92 Å². The predicted octanol–water partition coefficient (Wildman–Crippen LogP) is 2.18. The van der Waals surface area contributed by atoms with Crippen LogP contribution in [0.3, 0.4) is 0 Å². The van der Waals surface area contributed by atoms with Crippen LogP contribution in [0.1, 0.15) is 43.5 Å². The number of amides is 3. The summed E-state index contributed by atoms with van der Waals surface area (Å²) in [6, 6.07) is 5.38. The van der Waals surface area contributed by atoms with E-state index in [9.17, 15) is 19.2 Å². The Morgan fingerprint density at radius 1 is 1.22 bits per heavy atom. The Kier molecular flexibility index (Phi) is 7.36. The average Bonchev–Trinajstić information content (AvgIpc) is 3.05. The van der Waals surface area contributed by atoms with Gasteiger partial charge in [0.15, 0.2) is 6.61 Å². The minimum Gasteiger partial charge on any atom is -0.454 e. The molecule has 27 heavy (non-hydrogen) atoms. The molecule has 0 aliphatic carbocycles. The Morgan fingerprint density at radius 2 is 1.89 bits per heavy atom. The number of esters is 1. The van der Waals surface area contributed by atoms with Gasteiger partial charge >= 0.3 is 5.97 Å². The molecule has 2 rings (SSSR count). The molecule has 1 aliphatic rings. The topological polar surface area (TPSA) is 92.8 Å². The van der Waals surface area contributed by atoms with Crippen molar-refractivity contribution in [1.29, 1.82) is 0 Å². The molecule has 1 aromatic carbocycles. The molecular formula is C19H23ClN2O5. The third-order valence-electron chi connectivity index (χ3n) is 4.12. The maximum absolute atomic E-state index is 12.4. The van der Waals surface area contributed by atoms with Crippen molar-refractivity contribution >= 4 is 35.3 Å². The Bertz CT molecular complexity index is 717. The van der Waals surface area contributed by atoms with Crippen molar-refractivity contribution in [2.45, 2.75) is 39.2 Å². The number of carbonyl (C=O) groups excluding carboxylic acids is 4. The fourth-order valence-electron chi connectivity index (χ4n) is 2.75. The number of imide groups is 1. The first-order valence-electron chi connectivity index (χ1n) is 8.84. The lowest BCUT2D eigenvalue weighted by Gasteiger charge is -2.20. The maximum Gasteiger partial charge on any atom is 0.329 e. The quantitative estimate of drug-likeness (QED) is 0.715. The molecule has 0 spiro atoms. The molecule has 0 saturated carbocycles. The fourth-order valence-corrected chi connectivity index (χ4v) is 2.88. The summed E-state index contributed by atoms with van der Waals surface area (Å²) in [5, 5.41) is 3.14.